The highest BCUT2D eigenvalue weighted by Crippen LogP contribution is 2.70. The average molecular weight is 902 g/mol. The molecule has 4 unspecified atom stereocenters. The number of fused-ring (bicyclic) bond motifs is 5. The number of ether oxygens (including phenoxy) is 8. The number of benzene rings is 2. The molecule has 4 aliphatic rings. The Morgan fingerprint density at radius 1 is 0.785 bits per heavy atom. The molecule has 3 fully saturated rings. The van der Waals surface area contributed by atoms with Crippen molar-refractivity contribution in [2.45, 2.75) is 114 Å². The predicted octanol–water partition coefficient (Wildman–Crippen LogP) is 3.44. The number of carbonyl (C=O) groups is 7. The van der Waals surface area contributed by atoms with E-state index in [1.54, 1.807) is 31.2 Å². The fraction of sp³-hybridized carbons (Fsp3) is 0.489. The van der Waals surface area contributed by atoms with E-state index in [0.717, 1.165) is 20.8 Å². The lowest BCUT2D eigenvalue weighted by Gasteiger charge is -2.67. The molecular weight excluding hydrogens is 851 g/mol. The lowest BCUT2D eigenvalue weighted by Crippen LogP contribution is -2.89. The Hall–Kier alpha value is -6.24. The largest absolute Gasteiger partial charge is 0.465 e. The van der Waals surface area contributed by atoms with E-state index in [1.807, 2.05) is 0 Å². The molecule has 1 spiro atoms. The Morgan fingerprint density at radius 3 is 1.95 bits per heavy atom. The number of hydrogen-bond acceptors (Lipinski definition) is 18. The topological polar surface area (TPSA) is 247 Å². The molecule has 2 saturated carbocycles. The molecule has 4 bridgehead atoms. The van der Waals surface area contributed by atoms with Crippen LogP contribution in [0, 0.1) is 17.3 Å². The van der Waals surface area contributed by atoms with Crippen LogP contribution in [-0.2, 0) is 57.1 Å². The number of pyridine rings is 1. The van der Waals surface area contributed by atoms with E-state index in [2.05, 4.69) is 4.98 Å². The van der Waals surface area contributed by atoms with Gasteiger partial charge >= 0.3 is 41.8 Å². The maximum absolute atomic E-state index is 14.5. The van der Waals surface area contributed by atoms with Gasteiger partial charge in [-0.1, -0.05) is 57.2 Å². The average Bonchev–Trinajstić information content (AvgIpc) is 3.51. The van der Waals surface area contributed by atoms with Crippen molar-refractivity contribution in [3.63, 3.8) is 0 Å². The molecule has 1 saturated heterocycles. The third-order valence-corrected chi connectivity index (χ3v) is 13.3. The molecule has 2 aromatic carbocycles. The second-order valence-electron chi connectivity index (χ2n) is 17.3. The van der Waals surface area contributed by atoms with Crippen LogP contribution >= 0.6 is 0 Å². The number of cyclic esters (lactones) is 1. The van der Waals surface area contributed by atoms with Gasteiger partial charge in [-0.05, 0) is 50.2 Å². The Balaban J connectivity index is 1.62. The van der Waals surface area contributed by atoms with Crippen molar-refractivity contribution in [2.75, 3.05) is 13.2 Å². The van der Waals surface area contributed by atoms with Crippen LogP contribution in [0.15, 0.2) is 79.0 Å². The number of carbonyl (C=O) groups excluding carboxylic acids is 7. The number of aliphatic hydroxyl groups is 2. The highest BCUT2D eigenvalue weighted by molar-refractivity contribution is 5.92. The predicted molar refractivity (Wildman–Crippen MR) is 220 cm³/mol. The Labute approximate surface area is 373 Å². The van der Waals surface area contributed by atoms with Crippen molar-refractivity contribution >= 4 is 41.8 Å². The quantitative estimate of drug-likeness (QED) is 0.231. The highest BCUT2D eigenvalue weighted by atomic mass is 16.7. The summed E-state index contributed by atoms with van der Waals surface area (Å²) in [5, 5.41) is 26.5. The van der Waals surface area contributed by atoms with Crippen molar-refractivity contribution in [3.05, 3.63) is 101 Å². The summed E-state index contributed by atoms with van der Waals surface area (Å²) in [5.41, 5.74) is -10.5. The summed E-state index contributed by atoms with van der Waals surface area (Å²) in [7, 11) is 0. The smallest absolute Gasteiger partial charge is 0.340 e. The first-order chi connectivity index (χ1) is 30.7. The molecule has 65 heavy (non-hydrogen) atoms. The summed E-state index contributed by atoms with van der Waals surface area (Å²) >= 11 is 0. The van der Waals surface area contributed by atoms with Crippen molar-refractivity contribution in [2.24, 2.45) is 17.3 Å². The molecule has 7 rings (SSSR count). The van der Waals surface area contributed by atoms with Gasteiger partial charge in [-0.15, -0.1) is 0 Å². The van der Waals surface area contributed by atoms with Crippen molar-refractivity contribution < 1.29 is 81.7 Å². The number of aliphatic hydroxyl groups excluding tert-OH is 1. The van der Waals surface area contributed by atoms with Crippen LogP contribution in [-0.4, -0.2) is 124 Å². The second-order valence-corrected chi connectivity index (χ2v) is 17.3. The zero-order chi connectivity index (χ0) is 47.2. The molecule has 0 radical (unpaired) electrons. The second kappa shape index (κ2) is 17.6. The molecule has 13 atom stereocenters. The lowest BCUT2D eigenvalue weighted by atomic mass is 9.45. The third-order valence-electron chi connectivity index (χ3n) is 13.3. The number of hydrogen-bond donors (Lipinski definition) is 2. The van der Waals surface area contributed by atoms with Gasteiger partial charge in [0.25, 0.3) is 0 Å². The summed E-state index contributed by atoms with van der Waals surface area (Å²) in [6.07, 6.45) is -11.5. The fourth-order valence-electron chi connectivity index (χ4n) is 10.2. The Bertz CT molecular complexity index is 2360. The number of aromatic nitrogens is 1. The third kappa shape index (κ3) is 7.70. The number of esters is 7. The van der Waals surface area contributed by atoms with Gasteiger partial charge in [0.2, 0.25) is 0 Å². The van der Waals surface area contributed by atoms with Crippen LogP contribution in [0.1, 0.15) is 97.6 Å². The zero-order valence-electron chi connectivity index (χ0n) is 36.8. The summed E-state index contributed by atoms with van der Waals surface area (Å²) < 4.78 is 50.2. The van der Waals surface area contributed by atoms with Gasteiger partial charge in [0, 0.05) is 32.4 Å². The summed E-state index contributed by atoms with van der Waals surface area (Å²) in [6.45, 7) is 7.24. The van der Waals surface area contributed by atoms with E-state index in [1.165, 1.54) is 75.5 Å². The lowest BCUT2D eigenvalue weighted by molar-refractivity contribution is -0.384. The summed E-state index contributed by atoms with van der Waals surface area (Å²) in [6, 6.07) is 18.0. The van der Waals surface area contributed by atoms with Gasteiger partial charge in [0.1, 0.15) is 54.2 Å². The van der Waals surface area contributed by atoms with E-state index in [9.17, 15) is 43.8 Å². The fourth-order valence-corrected chi connectivity index (χ4v) is 10.2. The first-order valence-electron chi connectivity index (χ1n) is 21.2. The van der Waals surface area contributed by atoms with Gasteiger partial charge in [0.05, 0.1) is 34.2 Å². The number of rotatable bonds is 9. The molecule has 1 aromatic heterocycles. The maximum atomic E-state index is 14.5. The molecule has 3 heterocycles. The van der Waals surface area contributed by atoms with Crippen LogP contribution in [0.25, 0.3) is 0 Å². The SMILES string of the molecule is CCC(=O)OC1C2C(OC(=O)c3ccccc3)C34O[C@@]2(C)COC(=O)c2cccnc2[C@H](C)[C@H](C)C(=O)O[C@@H]([C@H](O)[C@H](OC(=O)c2ccccc2)[C@@]3(COC(C)=O)[C@@H]1OC(C)=O)[C@]4(C)O. The minimum absolute atomic E-state index is 0.0189. The van der Waals surface area contributed by atoms with Gasteiger partial charge in [-0.25, -0.2) is 14.4 Å². The summed E-state index contributed by atoms with van der Waals surface area (Å²) in [4.78, 5) is 102. The van der Waals surface area contributed by atoms with Gasteiger partial charge in [-0.2, -0.15) is 0 Å². The first-order valence-corrected chi connectivity index (χ1v) is 21.2. The van der Waals surface area contributed by atoms with Crippen molar-refractivity contribution in [1.29, 1.82) is 0 Å². The molecule has 18 heteroatoms. The molecule has 18 nitrogen and oxygen atoms in total. The highest BCUT2D eigenvalue weighted by Gasteiger charge is 2.91. The molecule has 0 amide bonds. The van der Waals surface area contributed by atoms with Crippen molar-refractivity contribution in [1.82, 2.24) is 4.98 Å². The van der Waals surface area contributed by atoms with Crippen molar-refractivity contribution in [3.8, 4) is 0 Å². The monoisotopic (exact) mass is 901 g/mol. The van der Waals surface area contributed by atoms with Gasteiger partial charge in [-0.3, -0.25) is 24.2 Å². The molecule has 2 aliphatic carbocycles. The first kappa shape index (κ1) is 46.7. The zero-order valence-corrected chi connectivity index (χ0v) is 36.8. The minimum Gasteiger partial charge on any atom is -0.465 e. The van der Waals surface area contributed by atoms with Crippen LogP contribution < -0.4 is 0 Å². The Kier molecular flexibility index (Phi) is 12.7. The van der Waals surface area contributed by atoms with Gasteiger partial charge < -0.3 is 48.1 Å². The molecule has 346 valence electrons. The van der Waals surface area contributed by atoms with Gasteiger partial charge in [0.15, 0.2) is 17.8 Å². The molecular formula is C47H51NO17. The summed E-state index contributed by atoms with van der Waals surface area (Å²) in [5.74, 6) is -10.7. The Morgan fingerprint density at radius 2 is 1.38 bits per heavy atom. The van der Waals surface area contributed by atoms with E-state index >= 15 is 0 Å². The molecule has 2 aliphatic heterocycles. The van der Waals surface area contributed by atoms with E-state index in [4.69, 9.17) is 37.9 Å². The molecule has 3 aromatic rings. The van der Waals surface area contributed by atoms with Crippen LogP contribution in [0.2, 0.25) is 0 Å². The molecule has 2 N–H and O–H groups in total. The van der Waals surface area contributed by atoms with Crippen LogP contribution in [0.3, 0.4) is 0 Å². The van der Waals surface area contributed by atoms with Crippen LogP contribution in [0.4, 0.5) is 0 Å². The maximum Gasteiger partial charge on any atom is 0.340 e. The van der Waals surface area contributed by atoms with E-state index in [-0.39, 0.29) is 28.8 Å². The van der Waals surface area contributed by atoms with E-state index < -0.39 is 132 Å². The number of nitrogens with zero attached hydrogens (tertiary/aromatic N) is 1. The normalized spacial score (nSPS) is 34.9. The van der Waals surface area contributed by atoms with Crippen LogP contribution in [0.5, 0.6) is 0 Å². The van der Waals surface area contributed by atoms with E-state index in [0.29, 0.717) is 0 Å². The minimum atomic E-state index is -2.87. The standard InChI is InChI=1S/C47H51NO17/c1-8-31(51)61-35-32-36(62-41(54)28-16-11-9-12-17-28)47-45(7,57)37(63-40(53)25(3)24(2)33-30(20-15-21-48-33)43(56)59-22-44(32,6)65-47)34(52)38(64-42(55)29-18-13-10-14-19-29)46(47,23-58-26(4)49)39(35)60-27(5)50/h9-21,24-25,32,34-39,52,57H,8,22-23H2,1-7H3/t24-,25+,32?,34+,35?,36?,37+,38+,39-,44+,45+,46+,47?/m1/s1.